The maximum atomic E-state index is 12.3. The molecule has 0 aromatic rings. The van der Waals surface area contributed by atoms with Crippen LogP contribution in [-0.2, 0) is 14.3 Å². The van der Waals surface area contributed by atoms with E-state index in [0.29, 0.717) is 26.3 Å². The van der Waals surface area contributed by atoms with E-state index >= 15 is 0 Å². The van der Waals surface area contributed by atoms with Crippen LogP contribution in [0.15, 0.2) is 0 Å². The van der Waals surface area contributed by atoms with Crippen LogP contribution in [0.25, 0.3) is 0 Å². The van der Waals surface area contributed by atoms with Crippen molar-refractivity contribution in [3.05, 3.63) is 0 Å². The first-order valence-electron chi connectivity index (χ1n) is 9.14. The molecule has 0 saturated carbocycles. The molecule has 0 amide bonds. The van der Waals surface area contributed by atoms with Crippen molar-refractivity contribution in [2.45, 2.75) is 84.3 Å². The molecule has 0 saturated heterocycles. The summed E-state index contributed by atoms with van der Waals surface area (Å²) >= 11 is 0. The summed E-state index contributed by atoms with van der Waals surface area (Å²) in [5, 5.41) is 3.26. The molecule has 0 heterocycles. The molecular formula is C18H38N2O3. The summed E-state index contributed by atoms with van der Waals surface area (Å²) in [7, 11) is 0. The maximum Gasteiger partial charge on any atom is 0.323 e. The molecule has 5 heteroatoms. The lowest BCUT2D eigenvalue weighted by Gasteiger charge is -2.24. The van der Waals surface area contributed by atoms with Crippen LogP contribution >= 0.6 is 0 Å². The molecule has 3 N–H and O–H groups in total. The molecule has 0 bridgehead atoms. The molecule has 0 radical (unpaired) electrons. The first-order valence-corrected chi connectivity index (χ1v) is 9.14. The highest BCUT2D eigenvalue weighted by atomic mass is 16.6. The van der Waals surface area contributed by atoms with Crippen LogP contribution in [0.5, 0.6) is 0 Å². The molecule has 0 aromatic carbocycles. The summed E-state index contributed by atoms with van der Waals surface area (Å²) in [6, 6.07) is -0.248. The number of carbonyl (C=O) groups excluding carboxylic acids is 1. The molecule has 0 aliphatic heterocycles. The van der Waals surface area contributed by atoms with Gasteiger partial charge in [0.25, 0.3) is 0 Å². The highest BCUT2D eigenvalue weighted by Crippen LogP contribution is 2.13. The third kappa shape index (κ3) is 14.7. The van der Waals surface area contributed by atoms with Crippen LogP contribution < -0.4 is 11.1 Å². The normalized spacial score (nSPS) is 13.1. The molecule has 23 heavy (non-hydrogen) atoms. The van der Waals surface area contributed by atoms with Crippen molar-refractivity contribution in [2.75, 3.05) is 26.3 Å². The zero-order valence-corrected chi connectivity index (χ0v) is 15.7. The van der Waals surface area contributed by atoms with Gasteiger partial charge in [-0.2, -0.15) is 0 Å². The van der Waals surface area contributed by atoms with E-state index in [4.69, 9.17) is 15.2 Å². The lowest BCUT2D eigenvalue weighted by Crippen LogP contribution is -2.42. The van der Waals surface area contributed by atoms with Crippen LogP contribution in [-0.4, -0.2) is 43.9 Å². The summed E-state index contributed by atoms with van der Waals surface area (Å²) in [4.78, 5) is 12.3. The van der Waals surface area contributed by atoms with Crippen molar-refractivity contribution >= 4 is 5.97 Å². The van der Waals surface area contributed by atoms with Crippen LogP contribution in [0.2, 0.25) is 0 Å². The van der Waals surface area contributed by atoms with E-state index in [1.165, 1.54) is 32.1 Å². The minimum absolute atomic E-state index is 0.162. The fourth-order valence-electron chi connectivity index (χ4n) is 2.30. The van der Waals surface area contributed by atoms with Gasteiger partial charge in [0, 0.05) is 13.1 Å². The average Bonchev–Trinajstić information content (AvgIpc) is 2.46. The van der Waals surface area contributed by atoms with Gasteiger partial charge in [0.05, 0.1) is 13.2 Å². The highest BCUT2D eigenvalue weighted by Gasteiger charge is 2.24. The predicted octanol–water partition coefficient (Wildman–Crippen LogP) is 3.01. The number of carbonyl (C=O) groups is 1. The zero-order valence-electron chi connectivity index (χ0n) is 15.7. The Morgan fingerprint density at radius 3 is 2.35 bits per heavy atom. The standard InChI is InChI=1S/C18H38N2O3/c1-5-6-7-8-9-10-11-16(17(21)23-18(2,3)4)20-13-15-22-14-12-19/h16,20H,5-15,19H2,1-4H3. The van der Waals surface area contributed by atoms with E-state index in [2.05, 4.69) is 12.2 Å². The fraction of sp³-hybridized carbons (Fsp3) is 0.944. The number of rotatable bonds is 14. The lowest BCUT2D eigenvalue weighted by molar-refractivity contribution is -0.157. The van der Waals surface area contributed by atoms with Crippen LogP contribution in [0.3, 0.4) is 0 Å². The number of hydrogen-bond acceptors (Lipinski definition) is 5. The Hall–Kier alpha value is -0.650. The largest absolute Gasteiger partial charge is 0.459 e. The number of hydrogen-bond donors (Lipinski definition) is 2. The first kappa shape index (κ1) is 22.4. The van der Waals surface area contributed by atoms with Gasteiger partial charge in [0.2, 0.25) is 0 Å². The molecule has 1 unspecified atom stereocenters. The Morgan fingerprint density at radius 2 is 1.74 bits per heavy atom. The van der Waals surface area contributed by atoms with Crippen molar-refractivity contribution in [1.82, 2.24) is 5.32 Å². The number of nitrogens with one attached hydrogen (secondary N) is 1. The molecule has 5 nitrogen and oxygen atoms in total. The Bertz CT molecular complexity index is 290. The smallest absolute Gasteiger partial charge is 0.323 e. The second kappa shape index (κ2) is 13.8. The monoisotopic (exact) mass is 330 g/mol. The van der Waals surface area contributed by atoms with Crippen molar-refractivity contribution in [2.24, 2.45) is 5.73 Å². The minimum Gasteiger partial charge on any atom is -0.459 e. The van der Waals surface area contributed by atoms with Crippen LogP contribution in [0.4, 0.5) is 0 Å². The molecule has 0 aromatic heterocycles. The number of nitrogens with two attached hydrogens (primary N) is 1. The lowest BCUT2D eigenvalue weighted by atomic mass is 10.1. The maximum absolute atomic E-state index is 12.3. The highest BCUT2D eigenvalue weighted by molar-refractivity contribution is 5.76. The van der Waals surface area contributed by atoms with Crippen molar-refractivity contribution < 1.29 is 14.3 Å². The Balaban J connectivity index is 4.13. The molecule has 1 atom stereocenters. The van der Waals surface area contributed by atoms with E-state index in [9.17, 15) is 4.79 Å². The van der Waals surface area contributed by atoms with Gasteiger partial charge in [-0.25, -0.2) is 0 Å². The molecule has 0 spiro atoms. The molecular weight excluding hydrogens is 292 g/mol. The average molecular weight is 331 g/mol. The molecule has 138 valence electrons. The van der Waals surface area contributed by atoms with Crippen molar-refractivity contribution in [3.8, 4) is 0 Å². The summed E-state index contributed by atoms with van der Waals surface area (Å²) in [5.74, 6) is -0.162. The van der Waals surface area contributed by atoms with Gasteiger partial charge in [-0.15, -0.1) is 0 Å². The van der Waals surface area contributed by atoms with Gasteiger partial charge in [0.1, 0.15) is 11.6 Å². The molecule has 0 fully saturated rings. The van der Waals surface area contributed by atoms with Crippen LogP contribution in [0, 0.1) is 0 Å². The summed E-state index contributed by atoms with van der Waals surface area (Å²) in [6.45, 7) is 10.2. The van der Waals surface area contributed by atoms with Gasteiger partial charge >= 0.3 is 5.97 Å². The Labute approximate surface area is 142 Å². The van der Waals surface area contributed by atoms with Gasteiger partial charge in [-0.3, -0.25) is 4.79 Å². The zero-order chi connectivity index (χ0) is 17.6. The van der Waals surface area contributed by atoms with Crippen molar-refractivity contribution in [1.29, 1.82) is 0 Å². The first-order chi connectivity index (χ1) is 10.9. The minimum atomic E-state index is -0.450. The quantitative estimate of drug-likeness (QED) is 0.378. The SMILES string of the molecule is CCCCCCCCC(NCCOCCN)C(=O)OC(C)(C)C. The third-order valence-corrected chi connectivity index (χ3v) is 3.44. The Morgan fingerprint density at radius 1 is 1.09 bits per heavy atom. The number of esters is 1. The summed E-state index contributed by atoms with van der Waals surface area (Å²) in [6.07, 6.45) is 8.12. The van der Waals surface area contributed by atoms with E-state index in [1.54, 1.807) is 0 Å². The number of ether oxygens (including phenoxy) is 2. The second-order valence-corrected chi connectivity index (χ2v) is 7.00. The molecule has 0 aliphatic carbocycles. The molecule has 0 rings (SSSR count). The van der Waals surface area contributed by atoms with Gasteiger partial charge in [-0.1, -0.05) is 45.4 Å². The Kier molecular flexibility index (Phi) is 13.4. The van der Waals surface area contributed by atoms with E-state index < -0.39 is 5.60 Å². The predicted molar refractivity (Wildman–Crippen MR) is 95.5 cm³/mol. The third-order valence-electron chi connectivity index (χ3n) is 3.44. The number of unbranched alkanes of at least 4 members (excludes halogenated alkanes) is 5. The topological polar surface area (TPSA) is 73.6 Å². The van der Waals surface area contributed by atoms with Gasteiger partial charge < -0.3 is 20.5 Å². The van der Waals surface area contributed by atoms with Gasteiger partial charge in [-0.05, 0) is 27.2 Å². The van der Waals surface area contributed by atoms with Crippen LogP contribution in [0.1, 0.15) is 72.6 Å². The fourth-order valence-corrected chi connectivity index (χ4v) is 2.30. The second-order valence-electron chi connectivity index (χ2n) is 7.00. The van der Waals surface area contributed by atoms with E-state index in [1.807, 2.05) is 20.8 Å². The summed E-state index contributed by atoms with van der Waals surface area (Å²) in [5.41, 5.74) is 4.93. The van der Waals surface area contributed by atoms with Gasteiger partial charge in [0.15, 0.2) is 0 Å². The van der Waals surface area contributed by atoms with E-state index in [-0.39, 0.29) is 12.0 Å². The van der Waals surface area contributed by atoms with E-state index in [0.717, 1.165) is 12.8 Å². The van der Waals surface area contributed by atoms with Crippen molar-refractivity contribution in [3.63, 3.8) is 0 Å². The summed E-state index contributed by atoms with van der Waals surface area (Å²) < 4.78 is 10.9. The molecule has 0 aliphatic rings.